The van der Waals surface area contributed by atoms with Crippen LogP contribution in [-0.4, -0.2) is 21.8 Å². The van der Waals surface area contributed by atoms with Gasteiger partial charge in [0.05, 0.1) is 10.6 Å². The van der Waals surface area contributed by atoms with Crippen LogP contribution in [0.5, 0.6) is 0 Å². The topological polar surface area (TPSA) is 77.2 Å². The fourth-order valence-corrected chi connectivity index (χ4v) is 2.18. The fourth-order valence-electron chi connectivity index (χ4n) is 1.96. The molecule has 1 atom stereocenters. The van der Waals surface area contributed by atoms with Crippen molar-refractivity contribution in [3.8, 4) is 11.4 Å². The number of carbonyl (C=O) groups is 1. The normalized spacial score (nSPS) is 13.4. The number of halogens is 4. The number of hydrogen-bond acceptors (Lipinski definition) is 5. The summed E-state index contributed by atoms with van der Waals surface area (Å²) in [5, 5.41) is 5.73. The SMILES string of the molecule is C[C@H](NC(=O)OC(C)(C)C)c1nc(-c2ccc(Cl)c(C(F)(F)F)c2)no1. The highest BCUT2D eigenvalue weighted by molar-refractivity contribution is 6.31. The first kappa shape index (κ1) is 20.0. The van der Waals surface area contributed by atoms with Crippen molar-refractivity contribution in [3.63, 3.8) is 0 Å². The van der Waals surface area contributed by atoms with E-state index in [4.69, 9.17) is 20.9 Å². The van der Waals surface area contributed by atoms with Gasteiger partial charge in [-0.2, -0.15) is 18.2 Å². The van der Waals surface area contributed by atoms with Crippen LogP contribution in [0.4, 0.5) is 18.0 Å². The van der Waals surface area contributed by atoms with Crippen LogP contribution in [0.15, 0.2) is 22.7 Å². The number of aromatic nitrogens is 2. The Bertz CT molecular complexity index is 800. The summed E-state index contributed by atoms with van der Waals surface area (Å²) < 4.78 is 49.0. The van der Waals surface area contributed by atoms with Crippen LogP contribution in [0.2, 0.25) is 5.02 Å². The van der Waals surface area contributed by atoms with Crippen molar-refractivity contribution in [1.29, 1.82) is 0 Å². The van der Waals surface area contributed by atoms with Crippen LogP contribution in [-0.2, 0) is 10.9 Å². The Kier molecular flexibility index (Phi) is 5.50. The van der Waals surface area contributed by atoms with Gasteiger partial charge in [0.1, 0.15) is 11.6 Å². The van der Waals surface area contributed by atoms with Crippen molar-refractivity contribution in [2.45, 2.75) is 45.5 Å². The molecular formula is C16H17ClF3N3O3. The van der Waals surface area contributed by atoms with Gasteiger partial charge >= 0.3 is 12.3 Å². The van der Waals surface area contributed by atoms with Gasteiger partial charge in [-0.25, -0.2) is 4.79 Å². The first-order valence-electron chi connectivity index (χ1n) is 7.57. The lowest BCUT2D eigenvalue weighted by Crippen LogP contribution is -2.34. The van der Waals surface area contributed by atoms with E-state index < -0.39 is 34.5 Å². The van der Waals surface area contributed by atoms with Crippen molar-refractivity contribution in [1.82, 2.24) is 15.5 Å². The Labute approximate surface area is 152 Å². The van der Waals surface area contributed by atoms with Crippen LogP contribution in [0.3, 0.4) is 0 Å². The summed E-state index contributed by atoms with van der Waals surface area (Å²) in [7, 11) is 0. The first-order chi connectivity index (χ1) is 11.9. The standard InChI is InChI=1S/C16H17ClF3N3O3/c1-8(21-14(24)25-15(2,3)4)13-22-12(23-26-13)9-5-6-11(17)10(7-9)16(18,19)20/h5-8H,1-4H3,(H,21,24)/t8-/m0/s1. The number of nitrogens with one attached hydrogen (secondary N) is 1. The zero-order chi connectivity index (χ0) is 19.7. The molecule has 0 fully saturated rings. The lowest BCUT2D eigenvalue weighted by molar-refractivity contribution is -0.137. The first-order valence-corrected chi connectivity index (χ1v) is 7.95. The molecule has 0 aliphatic rings. The number of hydrogen-bond donors (Lipinski definition) is 1. The monoisotopic (exact) mass is 391 g/mol. The summed E-state index contributed by atoms with van der Waals surface area (Å²) in [6.07, 6.45) is -5.29. The van der Waals surface area contributed by atoms with Crippen molar-refractivity contribution in [3.05, 3.63) is 34.7 Å². The molecule has 1 heterocycles. The Morgan fingerprint density at radius 2 is 1.96 bits per heavy atom. The molecule has 0 saturated heterocycles. The zero-order valence-electron chi connectivity index (χ0n) is 14.4. The molecule has 1 amide bonds. The van der Waals surface area contributed by atoms with Crippen molar-refractivity contribution < 1.29 is 27.2 Å². The summed E-state index contributed by atoms with van der Waals surface area (Å²) in [4.78, 5) is 15.8. The summed E-state index contributed by atoms with van der Waals surface area (Å²) in [5.41, 5.74) is -1.59. The molecule has 0 radical (unpaired) electrons. The maximum Gasteiger partial charge on any atom is 0.417 e. The van der Waals surface area contributed by atoms with E-state index >= 15 is 0 Å². The number of benzene rings is 1. The predicted octanol–water partition coefficient (Wildman–Crippen LogP) is 4.99. The maximum atomic E-state index is 12.9. The second-order valence-electron chi connectivity index (χ2n) is 6.52. The Morgan fingerprint density at radius 3 is 2.54 bits per heavy atom. The van der Waals surface area contributed by atoms with Gasteiger partial charge in [-0.15, -0.1) is 0 Å². The minimum absolute atomic E-state index is 0.0226. The second kappa shape index (κ2) is 7.14. The van der Waals surface area contributed by atoms with E-state index in [0.717, 1.165) is 12.1 Å². The second-order valence-corrected chi connectivity index (χ2v) is 6.92. The molecule has 0 bridgehead atoms. The molecular weight excluding hydrogens is 375 g/mol. The van der Waals surface area contributed by atoms with Crippen LogP contribution in [0.25, 0.3) is 11.4 Å². The lowest BCUT2D eigenvalue weighted by Gasteiger charge is -2.20. The summed E-state index contributed by atoms with van der Waals surface area (Å²) >= 11 is 5.59. The average Bonchev–Trinajstić information content (AvgIpc) is 2.94. The highest BCUT2D eigenvalue weighted by Gasteiger charge is 2.34. The number of carbonyl (C=O) groups excluding carboxylic acids is 1. The van der Waals surface area contributed by atoms with Gasteiger partial charge in [0.15, 0.2) is 0 Å². The molecule has 1 aromatic heterocycles. The molecule has 142 valence electrons. The van der Waals surface area contributed by atoms with E-state index in [2.05, 4.69) is 15.5 Å². The zero-order valence-corrected chi connectivity index (χ0v) is 15.2. The summed E-state index contributed by atoms with van der Waals surface area (Å²) in [6, 6.07) is 2.60. The molecule has 10 heteroatoms. The van der Waals surface area contributed by atoms with Crippen molar-refractivity contribution >= 4 is 17.7 Å². The van der Waals surface area contributed by atoms with Gasteiger partial charge in [0.25, 0.3) is 0 Å². The highest BCUT2D eigenvalue weighted by atomic mass is 35.5. The maximum absolute atomic E-state index is 12.9. The molecule has 0 aliphatic carbocycles. The quantitative estimate of drug-likeness (QED) is 0.797. The third-order valence-electron chi connectivity index (χ3n) is 3.08. The third-order valence-corrected chi connectivity index (χ3v) is 3.40. The highest BCUT2D eigenvalue weighted by Crippen LogP contribution is 2.36. The van der Waals surface area contributed by atoms with E-state index in [-0.39, 0.29) is 17.3 Å². The minimum atomic E-state index is -4.61. The number of ether oxygens (including phenoxy) is 1. The average molecular weight is 392 g/mol. The number of rotatable bonds is 3. The number of amides is 1. The molecule has 0 aliphatic heterocycles. The molecule has 6 nitrogen and oxygen atoms in total. The molecule has 0 spiro atoms. The van der Waals surface area contributed by atoms with Crippen LogP contribution in [0, 0.1) is 0 Å². The van der Waals surface area contributed by atoms with Crippen LogP contribution in [0.1, 0.15) is 45.2 Å². The molecule has 1 aromatic carbocycles. The van der Waals surface area contributed by atoms with Crippen molar-refractivity contribution in [2.75, 3.05) is 0 Å². The Balaban J connectivity index is 2.18. The van der Waals surface area contributed by atoms with Gasteiger partial charge in [-0.1, -0.05) is 16.8 Å². The number of alkyl halides is 3. The largest absolute Gasteiger partial charge is 0.444 e. The molecule has 0 saturated carbocycles. The molecule has 1 N–H and O–H groups in total. The van der Waals surface area contributed by atoms with E-state index in [1.807, 2.05) is 0 Å². The fraction of sp³-hybridized carbons (Fsp3) is 0.438. The smallest absolute Gasteiger partial charge is 0.417 e. The molecule has 26 heavy (non-hydrogen) atoms. The van der Waals surface area contributed by atoms with Gasteiger partial charge in [0, 0.05) is 5.56 Å². The van der Waals surface area contributed by atoms with Crippen molar-refractivity contribution in [2.24, 2.45) is 0 Å². The number of alkyl carbamates (subject to hydrolysis) is 1. The minimum Gasteiger partial charge on any atom is -0.444 e. The van der Waals surface area contributed by atoms with Gasteiger partial charge in [-0.05, 0) is 45.9 Å². The molecule has 0 unspecified atom stereocenters. The Morgan fingerprint density at radius 1 is 1.31 bits per heavy atom. The number of nitrogens with zero attached hydrogens (tertiary/aromatic N) is 2. The van der Waals surface area contributed by atoms with E-state index in [1.54, 1.807) is 27.7 Å². The molecule has 2 aromatic rings. The molecule has 2 rings (SSSR count). The van der Waals surface area contributed by atoms with Gasteiger partial charge in [0.2, 0.25) is 11.7 Å². The van der Waals surface area contributed by atoms with E-state index in [9.17, 15) is 18.0 Å². The van der Waals surface area contributed by atoms with Crippen LogP contribution >= 0.6 is 11.6 Å². The predicted molar refractivity (Wildman–Crippen MR) is 87.5 cm³/mol. The van der Waals surface area contributed by atoms with Crippen LogP contribution < -0.4 is 5.32 Å². The lowest BCUT2D eigenvalue weighted by atomic mass is 10.1. The van der Waals surface area contributed by atoms with Gasteiger partial charge < -0.3 is 14.6 Å². The Hall–Kier alpha value is -2.29. The van der Waals surface area contributed by atoms with Gasteiger partial charge in [-0.3, -0.25) is 0 Å². The third kappa shape index (κ3) is 5.10. The summed E-state index contributed by atoms with van der Waals surface area (Å²) in [5.74, 6) is -0.0330. The van der Waals surface area contributed by atoms with E-state index in [0.29, 0.717) is 0 Å². The van der Waals surface area contributed by atoms with E-state index in [1.165, 1.54) is 6.07 Å². The summed E-state index contributed by atoms with van der Waals surface area (Å²) in [6.45, 7) is 6.70.